The fourth-order valence-corrected chi connectivity index (χ4v) is 2.22. The predicted molar refractivity (Wildman–Crippen MR) is 83.2 cm³/mol. The fourth-order valence-electron chi connectivity index (χ4n) is 1.98. The molecular weight excluding hydrogens is 320 g/mol. The molecule has 2 N–H and O–H groups in total. The molecule has 1 amide bonds. The quantitative estimate of drug-likeness (QED) is 0.857. The predicted octanol–water partition coefficient (Wildman–Crippen LogP) is 2.54. The van der Waals surface area contributed by atoms with Gasteiger partial charge in [-0.15, -0.1) is 0 Å². The van der Waals surface area contributed by atoms with E-state index in [1.165, 1.54) is 4.90 Å². The first-order chi connectivity index (χ1) is 9.32. The maximum absolute atomic E-state index is 12.0. The molecule has 0 spiro atoms. The number of halogens is 1. The van der Waals surface area contributed by atoms with Gasteiger partial charge in [0.15, 0.2) is 0 Å². The van der Waals surface area contributed by atoms with E-state index >= 15 is 0 Å². The Bertz CT molecular complexity index is 676. The van der Waals surface area contributed by atoms with Gasteiger partial charge in [-0.3, -0.25) is 4.79 Å². The first kappa shape index (κ1) is 14.6. The molecular formula is C14H17BrN4O. The summed E-state index contributed by atoms with van der Waals surface area (Å²) in [6.45, 7) is 3.86. The average Bonchev–Trinajstić information content (AvgIpc) is 2.66. The second kappa shape index (κ2) is 5.28. The van der Waals surface area contributed by atoms with Crippen LogP contribution in [0, 0.1) is 13.8 Å². The van der Waals surface area contributed by atoms with Crippen molar-refractivity contribution >= 4 is 27.5 Å². The van der Waals surface area contributed by atoms with Crippen LogP contribution in [-0.4, -0.2) is 34.7 Å². The summed E-state index contributed by atoms with van der Waals surface area (Å²) in [5.74, 6) is -0.0631. The van der Waals surface area contributed by atoms with E-state index in [-0.39, 0.29) is 5.91 Å². The van der Waals surface area contributed by atoms with Crippen LogP contribution >= 0.6 is 15.9 Å². The Kier molecular flexibility index (Phi) is 3.85. The number of carbonyl (C=O) groups is 1. The lowest BCUT2D eigenvalue weighted by Gasteiger charge is -2.13. The van der Waals surface area contributed by atoms with Gasteiger partial charge in [-0.1, -0.05) is 0 Å². The molecule has 1 heterocycles. The second-order valence-corrected chi connectivity index (χ2v) is 5.66. The van der Waals surface area contributed by atoms with Gasteiger partial charge in [0.25, 0.3) is 5.91 Å². The number of rotatable bonds is 2. The zero-order valence-electron chi connectivity index (χ0n) is 11.9. The van der Waals surface area contributed by atoms with Gasteiger partial charge in [0.1, 0.15) is 0 Å². The highest BCUT2D eigenvalue weighted by molar-refractivity contribution is 9.10. The Morgan fingerprint density at radius 2 is 2.00 bits per heavy atom. The number of aryl methyl sites for hydroxylation is 1. The summed E-state index contributed by atoms with van der Waals surface area (Å²) < 4.78 is 2.70. The smallest absolute Gasteiger partial charge is 0.253 e. The van der Waals surface area contributed by atoms with Crippen molar-refractivity contribution in [2.45, 2.75) is 13.8 Å². The molecule has 0 fully saturated rings. The molecule has 0 bridgehead atoms. The number of hydrogen-bond donors (Lipinski definition) is 1. The van der Waals surface area contributed by atoms with Crippen molar-refractivity contribution in [2.75, 3.05) is 19.8 Å². The lowest BCUT2D eigenvalue weighted by molar-refractivity contribution is 0.0827. The van der Waals surface area contributed by atoms with Crippen LogP contribution < -0.4 is 5.73 Å². The largest absolute Gasteiger partial charge is 0.397 e. The molecule has 1 aromatic heterocycles. The molecule has 0 aliphatic heterocycles. The molecule has 0 saturated heterocycles. The third kappa shape index (κ3) is 2.43. The Morgan fingerprint density at radius 1 is 1.35 bits per heavy atom. The van der Waals surface area contributed by atoms with Crippen molar-refractivity contribution in [2.24, 2.45) is 0 Å². The molecule has 5 nitrogen and oxygen atoms in total. The van der Waals surface area contributed by atoms with Gasteiger partial charge in [-0.05, 0) is 48.0 Å². The molecule has 20 heavy (non-hydrogen) atoms. The zero-order valence-corrected chi connectivity index (χ0v) is 13.5. The van der Waals surface area contributed by atoms with Gasteiger partial charge in [-0.25, -0.2) is 4.68 Å². The number of benzene rings is 1. The van der Waals surface area contributed by atoms with Crippen molar-refractivity contribution in [1.29, 1.82) is 0 Å². The van der Waals surface area contributed by atoms with Crippen molar-refractivity contribution in [3.05, 3.63) is 39.6 Å². The molecule has 6 heteroatoms. The number of nitrogens with zero attached hydrogens (tertiary/aromatic N) is 3. The third-order valence-electron chi connectivity index (χ3n) is 3.11. The van der Waals surface area contributed by atoms with Crippen molar-refractivity contribution < 1.29 is 4.79 Å². The zero-order chi connectivity index (χ0) is 15.0. The van der Waals surface area contributed by atoms with Crippen LogP contribution in [0.1, 0.15) is 21.7 Å². The Hall–Kier alpha value is -1.82. The number of carbonyl (C=O) groups excluding carboxylic acids is 1. The second-order valence-electron chi connectivity index (χ2n) is 4.87. The molecule has 106 valence electrons. The first-order valence-corrected chi connectivity index (χ1v) is 6.95. The minimum atomic E-state index is -0.0631. The molecule has 0 aliphatic carbocycles. The van der Waals surface area contributed by atoms with Crippen molar-refractivity contribution in [3.8, 4) is 5.69 Å². The number of nitrogens with two attached hydrogens (primary N) is 1. The Labute approximate surface area is 126 Å². The van der Waals surface area contributed by atoms with Crippen LogP contribution in [0.5, 0.6) is 0 Å². The highest BCUT2D eigenvalue weighted by Crippen LogP contribution is 2.26. The number of anilines is 1. The van der Waals surface area contributed by atoms with Crippen LogP contribution in [0.3, 0.4) is 0 Å². The monoisotopic (exact) mass is 336 g/mol. The third-order valence-corrected chi connectivity index (χ3v) is 4.26. The summed E-state index contributed by atoms with van der Waals surface area (Å²) in [6, 6.07) is 5.22. The summed E-state index contributed by atoms with van der Waals surface area (Å²) in [4.78, 5) is 13.6. The number of aromatic nitrogens is 2. The average molecular weight is 337 g/mol. The van der Waals surface area contributed by atoms with Gasteiger partial charge in [-0.2, -0.15) is 5.10 Å². The van der Waals surface area contributed by atoms with Crippen molar-refractivity contribution in [1.82, 2.24) is 14.7 Å². The van der Waals surface area contributed by atoms with E-state index < -0.39 is 0 Å². The Morgan fingerprint density at radius 3 is 2.50 bits per heavy atom. The summed E-state index contributed by atoms with van der Waals surface area (Å²) in [6.07, 6.45) is 0. The molecule has 0 unspecified atom stereocenters. The number of amides is 1. The van der Waals surface area contributed by atoms with Crippen LogP contribution in [0.2, 0.25) is 0 Å². The normalized spacial score (nSPS) is 10.7. The molecule has 1 aromatic carbocycles. The van der Waals surface area contributed by atoms with Gasteiger partial charge < -0.3 is 10.6 Å². The first-order valence-electron chi connectivity index (χ1n) is 6.16. The topological polar surface area (TPSA) is 64.2 Å². The number of hydrogen-bond acceptors (Lipinski definition) is 3. The lowest BCUT2D eigenvalue weighted by atomic mass is 10.1. The minimum Gasteiger partial charge on any atom is -0.397 e. The fraction of sp³-hybridized carbons (Fsp3) is 0.286. The summed E-state index contributed by atoms with van der Waals surface area (Å²) in [5.41, 5.74) is 9.73. The van der Waals surface area contributed by atoms with Crippen LogP contribution in [-0.2, 0) is 0 Å². The highest BCUT2D eigenvalue weighted by Gasteiger charge is 2.15. The van der Waals surface area contributed by atoms with Gasteiger partial charge >= 0.3 is 0 Å². The van der Waals surface area contributed by atoms with E-state index in [0.29, 0.717) is 16.9 Å². The van der Waals surface area contributed by atoms with E-state index in [1.807, 2.05) is 13.8 Å². The molecule has 2 rings (SSSR count). The van der Waals surface area contributed by atoms with E-state index in [9.17, 15) is 4.79 Å². The lowest BCUT2D eigenvalue weighted by Crippen LogP contribution is -2.22. The van der Waals surface area contributed by atoms with E-state index in [0.717, 1.165) is 15.9 Å². The van der Waals surface area contributed by atoms with E-state index in [2.05, 4.69) is 21.0 Å². The van der Waals surface area contributed by atoms with Crippen LogP contribution in [0.15, 0.2) is 22.7 Å². The molecule has 0 aliphatic rings. The van der Waals surface area contributed by atoms with Crippen molar-refractivity contribution in [3.63, 3.8) is 0 Å². The minimum absolute atomic E-state index is 0.0631. The standard InChI is InChI=1S/C14H17BrN4O/c1-8-13(15)9(2)19(17-8)12-7-10(5-6-11(12)16)14(20)18(3)4/h5-7H,16H2,1-4H3. The molecule has 0 saturated carbocycles. The molecule has 0 radical (unpaired) electrons. The van der Waals surface area contributed by atoms with Gasteiger partial charge in [0, 0.05) is 19.7 Å². The maximum Gasteiger partial charge on any atom is 0.253 e. The molecule has 0 atom stereocenters. The van der Waals surface area contributed by atoms with Gasteiger partial charge in [0.2, 0.25) is 0 Å². The highest BCUT2D eigenvalue weighted by atomic mass is 79.9. The van der Waals surface area contributed by atoms with Crippen LogP contribution in [0.25, 0.3) is 5.69 Å². The van der Waals surface area contributed by atoms with E-state index in [4.69, 9.17) is 5.73 Å². The summed E-state index contributed by atoms with van der Waals surface area (Å²) in [7, 11) is 3.44. The number of nitrogen functional groups attached to an aromatic ring is 1. The van der Waals surface area contributed by atoms with Gasteiger partial charge in [0.05, 0.1) is 27.2 Å². The summed E-state index contributed by atoms with van der Waals surface area (Å²) >= 11 is 3.49. The SMILES string of the molecule is Cc1nn(-c2cc(C(=O)N(C)C)ccc2N)c(C)c1Br. The Balaban J connectivity index is 2.59. The molecule has 2 aromatic rings. The maximum atomic E-state index is 12.0. The van der Waals surface area contributed by atoms with E-state index in [1.54, 1.807) is 37.0 Å². The summed E-state index contributed by atoms with van der Waals surface area (Å²) in [5, 5.41) is 4.45. The van der Waals surface area contributed by atoms with Crippen LogP contribution in [0.4, 0.5) is 5.69 Å².